The lowest BCUT2D eigenvalue weighted by molar-refractivity contribution is -0.137. The number of hydrogen-bond acceptors (Lipinski definition) is 2. The van der Waals surface area contributed by atoms with Gasteiger partial charge in [-0.15, -0.1) is 12.4 Å². The summed E-state index contributed by atoms with van der Waals surface area (Å²) in [6, 6.07) is 3.55. The van der Waals surface area contributed by atoms with Crippen LogP contribution >= 0.6 is 12.4 Å². The lowest BCUT2D eigenvalue weighted by Gasteiger charge is -2.13. The molecule has 0 saturated heterocycles. The van der Waals surface area contributed by atoms with E-state index in [0.717, 1.165) is 12.1 Å². The van der Waals surface area contributed by atoms with Crippen LogP contribution in [0.5, 0.6) is 0 Å². The quantitative estimate of drug-likeness (QED) is 0.861. The van der Waals surface area contributed by atoms with Crippen molar-refractivity contribution in [2.75, 3.05) is 5.32 Å². The van der Waals surface area contributed by atoms with Crippen molar-refractivity contribution in [2.45, 2.75) is 32.0 Å². The van der Waals surface area contributed by atoms with Crippen molar-refractivity contribution >= 4 is 24.0 Å². The molecule has 4 unspecified atom stereocenters. The number of halogens is 4. The number of amides is 1. The van der Waals surface area contributed by atoms with Gasteiger partial charge in [0.25, 0.3) is 0 Å². The average Bonchev–Trinajstić information content (AvgIpc) is 2.95. The molecule has 3 saturated carbocycles. The van der Waals surface area contributed by atoms with E-state index in [2.05, 4.69) is 5.32 Å². The maximum atomic E-state index is 12.9. The zero-order valence-electron chi connectivity index (χ0n) is 13.0. The molecule has 3 fully saturated rings. The van der Waals surface area contributed by atoms with Crippen molar-refractivity contribution in [2.24, 2.45) is 35.3 Å². The highest BCUT2D eigenvalue weighted by molar-refractivity contribution is 5.95. The van der Waals surface area contributed by atoms with E-state index in [1.165, 1.54) is 25.3 Å². The minimum atomic E-state index is -4.44. The summed E-state index contributed by atoms with van der Waals surface area (Å²) < 4.78 is 38.8. The SMILES string of the molecule is Cl.NCc1cc(NC(=O)C2C3C4CCC(C4)C23)cc(C(F)(F)F)c1. The zero-order valence-corrected chi connectivity index (χ0v) is 13.8. The van der Waals surface area contributed by atoms with Gasteiger partial charge in [0.2, 0.25) is 5.91 Å². The van der Waals surface area contributed by atoms with E-state index >= 15 is 0 Å². The molecule has 0 spiro atoms. The van der Waals surface area contributed by atoms with Gasteiger partial charge in [-0.2, -0.15) is 13.2 Å². The Hall–Kier alpha value is -1.27. The fourth-order valence-electron chi connectivity index (χ4n) is 4.95. The molecule has 1 aromatic carbocycles. The fraction of sp³-hybridized carbons (Fsp3) is 0.588. The van der Waals surface area contributed by atoms with Gasteiger partial charge in [0.1, 0.15) is 0 Å². The standard InChI is InChI=1S/C17H19F3N2O.ClH/c18-17(19,20)11-3-8(7-21)4-12(6-11)22-16(23)15-13-9-1-2-10(5-9)14(13)15;/h3-4,6,9-10,13-15H,1-2,5,7,21H2,(H,22,23);1H. The highest BCUT2D eigenvalue weighted by Crippen LogP contribution is 2.69. The van der Waals surface area contributed by atoms with E-state index in [-0.39, 0.29) is 36.5 Å². The number of fused-ring (bicyclic) bond motifs is 5. The zero-order chi connectivity index (χ0) is 16.4. The van der Waals surface area contributed by atoms with Crippen molar-refractivity contribution in [1.82, 2.24) is 0 Å². The molecule has 0 aliphatic heterocycles. The molecule has 4 rings (SSSR count). The van der Waals surface area contributed by atoms with Crippen molar-refractivity contribution in [3.05, 3.63) is 29.3 Å². The molecule has 0 heterocycles. The summed E-state index contributed by atoms with van der Waals surface area (Å²) in [7, 11) is 0. The molecule has 1 aromatic rings. The Morgan fingerprint density at radius 1 is 1.17 bits per heavy atom. The number of nitrogens with two attached hydrogens (primary N) is 1. The van der Waals surface area contributed by atoms with Crippen LogP contribution in [0.4, 0.5) is 18.9 Å². The van der Waals surface area contributed by atoms with Crippen LogP contribution in [0.15, 0.2) is 18.2 Å². The summed E-state index contributed by atoms with van der Waals surface area (Å²) in [5.74, 6) is 2.11. The fourth-order valence-corrected chi connectivity index (χ4v) is 4.95. The van der Waals surface area contributed by atoms with Crippen LogP contribution in [0.2, 0.25) is 0 Å². The van der Waals surface area contributed by atoms with Crippen LogP contribution in [-0.4, -0.2) is 5.91 Å². The predicted molar refractivity (Wildman–Crippen MR) is 86.5 cm³/mol. The Morgan fingerprint density at radius 3 is 2.33 bits per heavy atom. The summed E-state index contributed by atoms with van der Waals surface area (Å²) in [6.45, 7) is 0.00557. The minimum absolute atomic E-state index is 0. The number of rotatable bonds is 3. The molecule has 3 N–H and O–H groups in total. The number of alkyl halides is 3. The number of hydrogen-bond donors (Lipinski definition) is 2. The number of anilines is 1. The number of carbonyl (C=O) groups is 1. The summed E-state index contributed by atoms with van der Waals surface area (Å²) in [5, 5.41) is 2.69. The van der Waals surface area contributed by atoms with Crippen LogP contribution in [-0.2, 0) is 17.5 Å². The summed E-state index contributed by atoms with van der Waals surface area (Å²) in [4.78, 5) is 12.4. The highest BCUT2D eigenvalue weighted by atomic mass is 35.5. The van der Waals surface area contributed by atoms with Gasteiger partial charge >= 0.3 is 6.18 Å². The lowest BCUT2D eigenvalue weighted by Crippen LogP contribution is -2.19. The second-order valence-corrected chi connectivity index (χ2v) is 7.12. The first-order chi connectivity index (χ1) is 10.9. The first-order valence-corrected chi connectivity index (χ1v) is 8.10. The van der Waals surface area contributed by atoms with E-state index in [0.29, 0.717) is 29.2 Å². The van der Waals surface area contributed by atoms with Gasteiger partial charge in [-0.3, -0.25) is 4.79 Å². The van der Waals surface area contributed by atoms with Crippen LogP contribution < -0.4 is 11.1 Å². The molecule has 3 aliphatic rings. The minimum Gasteiger partial charge on any atom is -0.326 e. The van der Waals surface area contributed by atoms with E-state index in [1.807, 2.05) is 0 Å². The molecule has 3 aliphatic carbocycles. The molecule has 132 valence electrons. The molecule has 0 radical (unpaired) electrons. The first kappa shape index (κ1) is 17.5. The third-order valence-electron chi connectivity index (χ3n) is 5.86. The molecule has 7 heteroatoms. The van der Waals surface area contributed by atoms with Gasteiger partial charge in [0.15, 0.2) is 0 Å². The molecule has 2 bridgehead atoms. The Balaban J connectivity index is 0.00000169. The van der Waals surface area contributed by atoms with Gasteiger partial charge in [0.05, 0.1) is 5.56 Å². The van der Waals surface area contributed by atoms with E-state index in [9.17, 15) is 18.0 Å². The maximum Gasteiger partial charge on any atom is 0.416 e. The van der Waals surface area contributed by atoms with Crippen LogP contribution in [0, 0.1) is 29.6 Å². The van der Waals surface area contributed by atoms with Crippen LogP contribution in [0.25, 0.3) is 0 Å². The number of benzene rings is 1. The van der Waals surface area contributed by atoms with Crippen molar-refractivity contribution in [3.63, 3.8) is 0 Å². The molecule has 1 amide bonds. The second kappa shape index (κ2) is 5.92. The Morgan fingerprint density at radius 2 is 1.79 bits per heavy atom. The largest absolute Gasteiger partial charge is 0.416 e. The Labute approximate surface area is 144 Å². The molecule has 24 heavy (non-hydrogen) atoms. The normalized spacial score (nSPS) is 32.9. The van der Waals surface area contributed by atoms with Gasteiger partial charge in [0, 0.05) is 18.2 Å². The average molecular weight is 361 g/mol. The number of carbonyl (C=O) groups excluding carboxylic acids is 1. The molecule has 0 aromatic heterocycles. The molecule has 4 atom stereocenters. The third kappa shape index (κ3) is 2.80. The Kier molecular flexibility index (Phi) is 4.33. The lowest BCUT2D eigenvalue weighted by atomic mass is 10.0. The monoisotopic (exact) mass is 360 g/mol. The van der Waals surface area contributed by atoms with E-state index in [1.54, 1.807) is 0 Å². The topological polar surface area (TPSA) is 55.1 Å². The van der Waals surface area contributed by atoms with Gasteiger partial charge in [-0.1, -0.05) is 0 Å². The summed E-state index contributed by atoms with van der Waals surface area (Å²) in [6.07, 6.45) is -0.799. The summed E-state index contributed by atoms with van der Waals surface area (Å²) >= 11 is 0. The molecular formula is C17H20ClF3N2O. The van der Waals surface area contributed by atoms with Crippen molar-refractivity contribution in [3.8, 4) is 0 Å². The third-order valence-corrected chi connectivity index (χ3v) is 5.86. The van der Waals surface area contributed by atoms with Crippen LogP contribution in [0.3, 0.4) is 0 Å². The Bertz CT molecular complexity index is 648. The first-order valence-electron chi connectivity index (χ1n) is 8.10. The van der Waals surface area contributed by atoms with E-state index < -0.39 is 11.7 Å². The van der Waals surface area contributed by atoms with E-state index in [4.69, 9.17) is 5.73 Å². The second-order valence-electron chi connectivity index (χ2n) is 7.12. The van der Waals surface area contributed by atoms with Gasteiger partial charge < -0.3 is 11.1 Å². The molecular weight excluding hydrogens is 341 g/mol. The molecule has 3 nitrogen and oxygen atoms in total. The smallest absolute Gasteiger partial charge is 0.326 e. The predicted octanol–water partition coefficient (Wildman–Crippen LogP) is 3.82. The highest BCUT2D eigenvalue weighted by Gasteiger charge is 2.67. The summed E-state index contributed by atoms with van der Waals surface area (Å²) in [5.41, 5.74) is 5.27. The maximum absolute atomic E-state index is 12.9. The van der Waals surface area contributed by atoms with Crippen molar-refractivity contribution in [1.29, 1.82) is 0 Å². The van der Waals surface area contributed by atoms with Gasteiger partial charge in [-0.25, -0.2) is 0 Å². The number of nitrogens with one attached hydrogen (secondary N) is 1. The van der Waals surface area contributed by atoms with Crippen LogP contribution in [0.1, 0.15) is 30.4 Å². The van der Waals surface area contributed by atoms with Gasteiger partial charge in [-0.05, 0) is 66.7 Å². The van der Waals surface area contributed by atoms with Crippen molar-refractivity contribution < 1.29 is 18.0 Å².